The third-order valence-electron chi connectivity index (χ3n) is 4.42. The highest BCUT2D eigenvalue weighted by Crippen LogP contribution is 2.29. The molecule has 0 aliphatic heterocycles. The molecular weight excluding hydrogens is 348 g/mol. The van der Waals surface area contributed by atoms with Gasteiger partial charge in [0.2, 0.25) is 0 Å². The molecule has 0 spiro atoms. The number of hydrogen-bond acceptors (Lipinski definition) is 4. The molecule has 0 saturated carbocycles. The highest BCUT2D eigenvalue weighted by Gasteiger charge is 2.15. The number of aromatic amines is 1. The molecule has 0 aliphatic rings. The number of benzene rings is 1. The molecule has 3 aromatic heterocycles. The molecule has 0 unspecified atom stereocenters. The number of halogens is 1. The van der Waals surface area contributed by atoms with Crippen LogP contribution in [0.2, 0.25) is 5.02 Å². The molecule has 0 radical (unpaired) electrons. The van der Waals surface area contributed by atoms with Gasteiger partial charge in [-0.3, -0.25) is 0 Å². The van der Waals surface area contributed by atoms with Crippen LogP contribution in [0.15, 0.2) is 42.9 Å². The zero-order chi connectivity index (χ0) is 18.3. The SMILES string of the molecule is Cc1[nH]c(Nc2ncnc3c2ccn3-c2cccc(Cl)c2)c(C#N)c1C. The van der Waals surface area contributed by atoms with Crippen molar-refractivity contribution in [1.82, 2.24) is 19.5 Å². The van der Waals surface area contributed by atoms with E-state index in [2.05, 4.69) is 26.3 Å². The highest BCUT2D eigenvalue weighted by atomic mass is 35.5. The van der Waals surface area contributed by atoms with Crippen LogP contribution in [0.1, 0.15) is 16.8 Å². The first kappa shape index (κ1) is 16.2. The summed E-state index contributed by atoms with van der Waals surface area (Å²) in [7, 11) is 0. The van der Waals surface area contributed by atoms with Gasteiger partial charge in [0.05, 0.1) is 10.9 Å². The molecule has 0 amide bonds. The first-order chi connectivity index (χ1) is 12.6. The number of hydrogen-bond donors (Lipinski definition) is 2. The van der Waals surface area contributed by atoms with Gasteiger partial charge >= 0.3 is 0 Å². The zero-order valence-corrected chi connectivity index (χ0v) is 15.0. The molecule has 0 saturated heterocycles. The number of nitriles is 1. The predicted molar refractivity (Wildman–Crippen MR) is 102 cm³/mol. The third-order valence-corrected chi connectivity index (χ3v) is 4.66. The molecule has 26 heavy (non-hydrogen) atoms. The number of rotatable bonds is 3. The normalized spacial score (nSPS) is 10.8. The molecule has 6 nitrogen and oxygen atoms in total. The number of H-pyrrole nitrogens is 1. The van der Waals surface area contributed by atoms with E-state index in [-0.39, 0.29) is 0 Å². The van der Waals surface area contributed by atoms with Crippen molar-refractivity contribution < 1.29 is 0 Å². The van der Waals surface area contributed by atoms with E-state index in [0.29, 0.717) is 22.2 Å². The maximum absolute atomic E-state index is 9.42. The first-order valence-electron chi connectivity index (χ1n) is 8.02. The van der Waals surface area contributed by atoms with Crippen LogP contribution in [0.25, 0.3) is 16.7 Å². The van der Waals surface area contributed by atoms with Crippen LogP contribution in [0.3, 0.4) is 0 Å². The molecule has 128 valence electrons. The van der Waals surface area contributed by atoms with Crippen molar-refractivity contribution in [2.45, 2.75) is 13.8 Å². The van der Waals surface area contributed by atoms with Gasteiger partial charge in [-0.05, 0) is 43.7 Å². The quantitative estimate of drug-likeness (QED) is 0.556. The lowest BCUT2D eigenvalue weighted by molar-refractivity contribution is 1.08. The zero-order valence-electron chi connectivity index (χ0n) is 14.2. The van der Waals surface area contributed by atoms with E-state index >= 15 is 0 Å². The van der Waals surface area contributed by atoms with Crippen LogP contribution in [-0.2, 0) is 0 Å². The summed E-state index contributed by atoms with van der Waals surface area (Å²) >= 11 is 6.11. The van der Waals surface area contributed by atoms with E-state index in [4.69, 9.17) is 11.6 Å². The van der Waals surface area contributed by atoms with Gasteiger partial charge in [0.15, 0.2) is 0 Å². The average molecular weight is 363 g/mol. The van der Waals surface area contributed by atoms with Gasteiger partial charge in [-0.1, -0.05) is 17.7 Å². The molecule has 4 aromatic rings. The second kappa shape index (κ2) is 6.21. The number of aromatic nitrogens is 4. The molecule has 0 fully saturated rings. The van der Waals surface area contributed by atoms with Crippen molar-refractivity contribution in [3.05, 3.63) is 64.7 Å². The standard InChI is InChI=1S/C19H15ClN6/c1-11-12(2)24-18(16(11)9-21)25-17-15-6-7-26(19(15)23-10-22-17)14-5-3-4-13(20)8-14/h3-8,10,24H,1-2H3,(H,22,23,25). The first-order valence-corrected chi connectivity index (χ1v) is 8.40. The molecular formula is C19H15ClN6. The van der Waals surface area contributed by atoms with Crippen LogP contribution in [0, 0.1) is 25.2 Å². The Hall–Kier alpha value is -3.30. The van der Waals surface area contributed by atoms with Crippen LogP contribution in [0.5, 0.6) is 0 Å². The molecule has 1 aromatic carbocycles. The van der Waals surface area contributed by atoms with Crippen molar-refractivity contribution in [3.63, 3.8) is 0 Å². The fraction of sp³-hybridized carbons (Fsp3) is 0.105. The lowest BCUT2D eigenvalue weighted by atomic mass is 10.2. The van der Waals surface area contributed by atoms with Gasteiger partial charge in [-0.15, -0.1) is 0 Å². The number of fused-ring (bicyclic) bond motifs is 1. The number of nitrogens with zero attached hydrogens (tertiary/aromatic N) is 4. The Bertz CT molecular complexity index is 1160. The second-order valence-corrected chi connectivity index (χ2v) is 6.42. The van der Waals surface area contributed by atoms with Gasteiger partial charge in [0.1, 0.15) is 29.7 Å². The Kier molecular flexibility index (Phi) is 3.86. The molecule has 4 rings (SSSR count). The van der Waals surface area contributed by atoms with Gasteiger partial charge in [-0.2, -0.15) is 5.26 Å². The molecule has 3 heterocycles. The number of nitrogens with one attached hydrogen (secondary N) is 2. The van der Waals surface area contributed by atoms with Gasteiger partial charge in [0, 0.05) is 22.6 Å². The minimum absolute atomic E-state index is 0.587. The summed E-state index contributed by atoms with van der Waals surface area (Å²) < 4.78 is 1.95. The second-order valence-electron chi connectivity index (χ2n) is 5.99. The summed E-state index contributed by atoms with van der Waals surface area (Å²) in [5.41, 5.74) is 4.14. The Morgan fingerprint density at radius 2 is 2.08 bits per heavy atom. The predicted octanol–water partition coefficient (Wildman–Crippen LogP) is 4.63. The van der Waals surface area contributed by atoms with E-state index < -0.39 is 0 Å². The Morgan fingerprint density at radius 3 is 2.85 bits per heavy atom. The van der Waals surface area contributed by atoms with E-state index in [1.807, 2.05) is 54.9 Å². The largest absolute Gasteiger partial charge is 0.344 e. The fourth-order valence-electron chi connectivity index (χ4n) is 2.96. The molecule has 0 bridgehead atoms. The van der Waals surface area contributed by atoms with Crippen molar-refractivity contribution in [1.29, 1.82) is 5.26 Å². The summed E-state index contributed by atoms with van der Waals surface area (Å²) in [6.07, 6.45) is 3.42. The molecule has 0 atom stereocenters. The fourth-order valence-corrected chi connectivity index (χ4v) is 3.14. The maximum Gasteiger partial charge on any atom is 0.150 e. The van der Waals surface area contributed by atoms with E-state index in [0.717, 1.165) is 28.0 Å². The smallest absolute Gasteiger partial charge is 0.150 e. The highest BCUT2D eigenvalue weighted by molar-refractivity contribution is 6.30. The van der Waals surface area contributed by atoms with Crippen molar-refractivity contribution in [2.24, 2.45) is 0 Å². The number of aryl methyl sites for hydroxylation is 1. The van der Waals surface area contributed by atoms with Gasteiger partial charge < -0.3 is 14.9 Å². The summed E-state index contributed by atoms with van der Waals surface area (Å²) in [4.78, 5) is 12.0. The molecule has 2 N–H and O–H groups in total. The lowest BCUT2D eigenvalue weighted by Gasteiger charge is -2.07. The van der Waals surface area contributed by atoms with Crippen molar-refractivity contribution in [2.75, 3.05) is 5.32 Å². The summed E-state index contributed by atoms with van der Waals surface area (Å²) in [5, 5.41) is 14.2. The minimum atomic E-state index is 0.587. The van der Waals surface area contributed by atoms with Crippen molar-refractivity contribution >= 4 is 34.3 Å². The van der Waals surface area contributed by atoms with Crippen LogP contribution in [0.4, 0.5) is 11.6 Å². The Labute approximate surface area is 155 Å². The van der Waals surface area contributed by atoms with Crippen LogP contribution in [-0.4, -0.2) is 19.5 Å². The van der Waals surface area contributed by atoms with Gasteiger partial charge in [-0.25, -0.2) is 9.97 Å². The minimum Gasteiger partial charge on any atom is -0.344 e. The van der Waals surface area contributed by atoms with Crippen LogP contribution < -0.4 is 5.32 Å². The van der Waals surface area contributed by atoms with Gasteiger partial charge in [0.25, 0.3) is 0 Å². The average Bonchev–Trinajstić information content (AvgIpc) is 3.17. The third kappa shape index (κ3) is 2.59. The van der Waals surface area contributed by atoms with E-state index in [9.17, 15) is 5.26 Å². The number of anilines is 2. The topological polar surface area (TPSA) is 82.3 Å². The monoisotopic (exact) mass is 362 g/mol. The van der Waals surface area contributed by atoms with Crippen LogP contribution >= 0.6 is 11.6 Å². The maximum atomic E-state index is 9.42. The van der Waals surface area contributed by atoms with E-state index in [1.54, 1.807) is 0 Å². The molecule has 0 aliphatic carbocycles. The lowest BCUT2D eigenvalue weighted by Crippen LogP contribution is -1.99. The van der Waals surface area contributed by atoms with E-state index in [1.165, 1.54) is 6.33 Å². The summed E-state index contributed by atoms with van der Waals surface area (Å²) in [5.74, 6) is 1.27. The summed E-state index contributed by atoms with van der Waals surface area (Å²) in [6, 6.07) is 11.7. The Balaban J connectivity index is 1.81. The Morgan fingerprint density at radius 1 is 1.23 bits per heavy atom. The van der Waals surface area contributed by atoms with Crippen molar-refractivity contribution in [3.8, 4) is 11.8 Å². The molecule has 7 heteroatoms. The summed E-state index contributed by atoms with van der Waals surface area (Å²) in [6.45, 7) is 3.85.